The first-order chi connectivity index (χ1) is 13.4. The molecule has 0 spiro atoms. The molecule has 1 unspecified atom stereocenters. The molecule has 3 aromatic rings. The maximum atomic E-state index is 12.4. The number of benzene rings is 2. The van der Waals surface area contributed by atoms with Crippen molar-refractivity contribution in [3.63, 3.8) is 0 Å². The molecule has 2 N–H and O–H groups in total. The summed E-state index contributed by atoms with van der Waals surface area (Å²) in [5.41, 5.74) is 3.50. The molecular formula is C21H21N3O3S. The summed E-state index contributed by atoms with van der Waals surface area (Å²) in [7, 11) is 0. The molecule has 2 amide bonds. The average Bonchev–Trinajstić information content (AvgIpc) is 3.12. The lowest BCUT2D eigenvalue weighted by Gasteiger charge is -2.13. The summed E-state index contributed by atoms with van der Waals surface area (Å²) >= 11 is 1.34. The molecule has 2 aromatic carbocycles. The zero-order chi connectivity index (χ0) is 20.1. The lowest BCUT2D eigenvalue weighted by atomic mass is 10.1. The number of hydrogen-bond donors (Lipinski definition) is 2. The number of thiazole rings is 1. The van der Waals surface area contributed by atoms with Gasteiger partial charge >= 0.3 is 0 Å². The molecule has 1 aromatic heterocycles. The number of carbonyl (C=O) groups is 2. The molecule has 0 fully saturated rings. The third kappa shape index (κ3) is 5.17. The summed E-state index contributed by atoms with van der Waals surface area (Å²) in [4.78, 5) is 27.9. The van der Waals surface area contributed by atoms with Crippen LogP contribution in [0.1, 0.15) is 19.4 Å². The fourth-order valence-electron chi connectivity index (χ4n) is 2.47. The fourth-order valence-corrected chi connectivity index (χ4v) is 3.20. The Morgan fingerprint density at radius 3 is 2.36 bits per heavy atom. The van der Waals surface area contributed by atoms with Crippen LogP contribution in [0.25, 0.3) is 11.3 Å². The van der Waals surface area contributed by atoms with Crippen LogP contribution in [0.4, 0.5) is 10.8 Å². The first-order valence-corrected chi connectivity index (χ1v) is 9.66. The third-order valence-corrected chi connectivity index (χ3v) is 4.70. The van der Waals surface area contributed by atoms with Crippen LogP contribution in [0.5, 0.6) is 5.75 Å². The Morgan fingerprint density at radius 2 is 1.71 bits per heavy atom. The summed E-state index contributed by atoms with van der Waals surface area (Å²) in [5.74, 6) is 0.267. The summed E-state index contributed by atoms with van der Waals surface area (Å²) in [5, 5.41) is 7.88. The van der Waals surface area contributed by atoms with Crippen LogP contribution < -0.4 is 15.4 Å². The number of aromatic nitrogens is 1. The van der Waals surface area contributed by atoms with Gasteiger partial charge in [0.25, 0.3) is 5.91 Å². The molecule has 0 saturated heterocycles. The molecule has 6 nitrogen and oxygen atoms in total. The molecular weight excluding hydrogens is 374 g/mol. The second-order valence-electron chi connectivity index (χ2n) is 6.36. The zero-order valence-electron chi connectivity index (χ0n) is 15.9. The maximum Gasteiger partial charge on any atom is 0.266 e. The standard InChI is InChI=1S/C21H21N3O3S/c1-13-4-10-18(11-5-13)27-14(2)20(26)24-21-23-19(12-28-21)16-6-8-17(9-7-16)22-15(3)25/h4-12,14H,1-3H3,(H,22,25)(H,23,24,26). The van der Waals surface area contributed by atoms with E-state index in [0.717, 1.165) is 22.5 Å². The van der Waals surface area contributed by atoms with Gasteiger partial charge in [0.05, 0.1) is 5.69 Å². The lowest BCUT2D eigenvalue weighted by molar-refractivity contribution is -0.122. The van der Waals surface area contributed by atoms with Crippen molar-refractivity contribution < 1.29 is 14.3 Å². The van der Waals surface area contributed by atoms with E-state index >= 15 is 0 Å². The quantitative estimate of drug-likeness (QED) is 0.645. The Kier molecular flexibility index (Phi) is 6.06. The van der Waals surface area contributed by atoms with Crippen LogP contribution in [-0.4, -0.2) is 22.9 Å². The number of aryl methyl sites for hydroxylation is 1. The Hall–Kier alpha value is -3.19. The van der Waals surface area contributed by atoms with Crippen LogP contribution in [0.15, 0.2) is 53.9 Å². The van der Waals surface area contributed by atoms with E-state index in [0.29, 0.717) is 10.9 Å². The highest BCUT2D eigenvalue weighted by molar-refractivity contribution is 7.14. The van der Waals surface area contributed by atoms with E-state index in [1.54, 1.807) is 6.92 Å². The van der Waals surface area contributed by atoms with Crippen molar-refractivity contribution in [1.29, 1.82) is 0 Å². The molecule has 0 aliphatic heterocycles. The summed E-state index contributed by atoms with van der Waals surface area (Å²) < 4.78 is 5.67. The average molecular weight is 395 g/mol. The van der Waals surface area contributed by atoms with Gasteiger partial charge in [0.1, 0.15) is 5.75 Å². The second-order valence-corrected chi connectivity index (χ2v) is 7.22. The highest BCUT2D eigenvalue weighted by atomic mass is 32.1. The van der Waals surface area contributed by atoms with E-state index < -0.39 is 6.10 Å². The van der Waals surface area contributed by atoms with Crippen molar-refractivity contribution in [2.45, 2.75) is 26.9 Å². The Balaban J connectivity index is 1.61. The summed E-state index contributed by atoms with van der Waals surface area (Å²) in [6.07, 6.45) is -0.646. The van der Waals surface area contributed by atoms with Crippen LogP contribution in [-0.2, 0) is 9.59 Å². The van der Waals surface area contributed by atoms with Gasteiger partial charge in [-0.15, -0.1) is 11.3 Å². The van der Waals surface area contributed by atoms with E-state index in [1.807, 2.05) is 60.8 Å². The Labute approximate surface area is 167 Å². The van der Waals surface area contributed by atoms with Crippen LogP contribution in [0.2, 0.25) is 0 Å². The molecule has 0 radical (unpaired) electrons. The lowest BCUT2D eigenvalue weighted by Crippen LogP contribution is -2.30. The van der Waals surface area contributed by atoms with E-state index in [9.17, 15) is 9.59 Å². The van der Waals surface area contributed by atoms with Crippen molar-refractivity contribution >= 4 is 34.0 Å². The highest BCUT2D eigenvalue weighted by Gasteiger charge is 2.16. The van der Waals surface area contributed by atoms with Crippen LogP contribution >= 0.6 is 11.3 Å². The third-order valence-electron chi connectivity index (χ3n) is 3.94. The fraction of sp³-hybridized carbons (Fsp3) is 0.190. The van der Waals surface area contributed by atoms with Gasteiger partial charge in [-0.1, -0.05) is 29.8 Å². The monoisotopic (exact) mass is 395 g/mol. The molecule has 0 aliphatic rings. The Bertz CT molecular complexity index is 965. The number of nitrogens with one attached hydrogen (secondary N) is 2. The molecule has 3 rings (SSSR count). The summed E-state index contributed by atoms with van der Waals surface area (Å²) in [6, 6.07) is 14.9. The minimum Gasteiger partial charge on any atom is -0.481 e. The minimum atomic E-state index is -0.646. The molecule has 0 saturated carbocycles. The van der Waals surface area contributed by atoms with E-state index in [2.05, 4.69) is 15.6 Å². The largest absolute Gasteiger partial charge is 0.481 e. The number of hydrogen-bond acceptors (Lipinski definition) is 5. The van der Waals surface area contributed by atoms with Gasteiger partial charge in [0.2, 0.25) is 5.91 Å². The first kappa shape index (κ1) is 19.6. The van der Waals surface area contributed by atoms with E-state index in [4.69, 9.17) is 4.74 Å². The molecule has 144 valence electrons. The van der Waals surface area contributed by atoms with Gasteiger partial charge in [-0.2, -0.15) is 0 Å². The normalized spacial score (nSPS) is 11.5. The number of nitrogens with zero attached hydrogens (tertiary/aromatic N) is 1. The number of rotatable bonds is 6. The topological polar surface area (TPSA) is 80.3 Å². The molecule has 1 atom stereocenters. The minimum absolute atomic E-state index is 0.117. The van der Waals surface area contributed by atoms with Crippen molar-refractivity contribution in [3.05, 3.63) is 59.5 Å². The second kappa shape index (κ2) is 8.67. The van der Waals surface area contributed by atoms with Gasteiger partial charge in [0, 0.05) is 23.6 Å². The molecule has 1 heterocycles. The van der Waals surface area contributed by atoms with E-state index in [-0.39, 0.29) is 11.8 Å². The Morgan fingerprint density at radius 1 is 1.04 bits per heavy atom. The predicted octanol–water partition coefficient (Wildman–Crippen LogP) is 4.48. The zero-order valence-corrected chi connectivity index (χ0v) is 16.7. The predicted molar refractivity (Wildman–Crippen MR) is 112 cm³/mol. The number of ether oxygens (including phenoxy) is 1. The van der Waals surface area contributed by atoms with Crippen molar-refractivity contribution in [1.82, 2.24) is 4.98 Å². The SMILES string of the molecule is CC(=O)Nc1ccc(-c2csc(NC(=O)C(C)Oc3ccc(C)cc3)n2)cc1. The van der Waals surface area contributed by atoms with Crippen molar-refractivity contribution in [2.75, 3.05) is 10.6 Å². The molecule has 0 bridgehead atoms. The van der Waals surface area contributed by atoms with E-state index in [1.165, 1.54) is 18.3 Å². The number of carbonyl (C=O) groups excluding carboxylic acids is 2. The van der Waals surface area contributed by atoms with Gasteiger partial charge in [0.15, 0.2) is 11.2 Å². The van der Waals surface area contributed by atoms with Gasteiger partial charge in [-0.3, -0.25) is 14.9 Å². The van der Waals surface area contributed by atoms with Crippen molar-refractivity contribution in [2.24, 2.45) is 0 Å². The molecule has 7 heteroatoms. The summed E-state index contributed by atoms with van der Waals surface area (Å²) in [6.45, 7) is 5.16. The van der Waals surface area contributed by atoms with Crippen LogP contribution in [0, 0.1) is 6.92 Å². The molecule has 0 aliphatic carbocycles. The smallest absolute Gasteiger partial charge is 0.266 e. The van der Waals surface area contributed by atoms with Gasteiger partial charge < -0.3 is 10.1 Å². The number of amides is 2. The van der Waals surface area contributed by atoms with Crippen molar-refractivity contribution in [3.8, 4) is 17.0 Å². The van der Waals surface area contributed by atoms with Crippen LogP contribution in [0.3, 0.4) is 0 Å². The first-order valence-electron chi connectivity index (χ1n) is 8.78. The highest BCUT2D eigenvalue weighted by Crippen LogP contribution is 2.26. The number of anilines is 2. The maximum absolute atomic E-state index is 12.4. The van der Waals surface area contributed by atoms with Gasteiger partial charge in [-0.05, 0) is 38.1 Å². The molecule has 28 heavy (non-hydrogen) atoms. The van der Waals surface area contributed by atoms with Gasteiger partial charge in [-0.25, -0.2) is 4.98 Å².